The molecule has 0 aliphatic heterocycles. The molecule has 2 aromatic heterocycles. The number of hydrogen-bond acceptors (Lipinski definition) is 3. The summed E-state index contributed by atoms with van der Waals surface area (Å²) in [5.41, 5.74) is 2.47. The van der Waals surface area contributed by atoms with E-state index in [2.05, 4.69) is 9.97 Å². The van der Waals surface area contributed by atoms with Crippen LogP contribution in [-0.2, 0) is 11.2 Å². The Hall–Kier alpha value is -1.91. The Kier molecular flexibility index (Phi) is 2.14. The lowest BCUT2D eigenvalue weighted by molar-refractivity contribution is -0.136. The van der Waals surface area contributed by atoms with E-state index >= 15 is 0 Å². The highest BCUT2D eigenvalue weighted by molar-refractivity contribution is 5.69. The third-order valence-electron chi connectivity index (χ3n) is 3.03. The summed E-state index contributed by atoms with van der Waals surface area (Å²) in [5.74, 6) is 0.591. The molecule has 1 N–H and O–H groups in total. The lowest BCUT2D eigenvalue weighted by atomic mass is 10.3. The number of carbonyl (C=O) groups is 1. The molecule has 1 saturated carbocycles. The van der Waals surface area contributed by atoms with Gasteiger partial charge in [0.05, 0.1) is 12.1 Å². The molecule has 5 nitrogen and oxygen atoms in total. The number of carboxylic acids is 1. The van der Waals surface area contributed by atoms with Crippen molar-refractivity contribution >= 4 is 11.6 Å². The monoisotopic (exact) mass is 231 g/mol. The first-order valence-electron chi connectivity index (χ1n) is 5.71. The third kappa shape index (κ3) is 1.88. The number of aliphatic carboxylic acids is 1. The molecule has 0 atom stereocenters. The number of imidazole rings is 1. The van der Waals surface area contributed by atoms with Crippen molar-refractivity contribution in [3.05, 3.63) is 29.5 Å². The largest absolute Gasteiger partial charge is 0.481 e. The highest BCUT2D eigenvalue weighted by Gasteiger charge is 2.26. The van der Waals surface area contributed by atoms with Crippen LogP contribution in [0.25, 0.3) is 5.65 Å². The van der Waals surface area contributed by atoms with Gasteiger partial charge in [-0.25, -0.2) is 9.97 Å². The van der Waals surface area contributed by atoms with E-state index in [1.807, 2.05) is 17.4 Å². The number of nitrogens with zero attached hydrogens (tertiary/aromatic N) is 3. The van der Waals surface area contributed by atoms with Crippen LogP contribution in [-0.4, -0.2) is 25.4 Å². The van der Waals surface area contributed by atoms with Crippen molar-refractivity contribution in [1.29, 1.82) is 0 Å². The number of fused-ring (bicyclic) bond motifs is 1. The van der Waals surface area contributed by atoms with Crippen LogP contribution in [0, 0.1) is 6.92 Å². The summed E-state index contributed by atoms with van der Waals surface area (Å²) in [6.07, 6.45) is 4.11. The molecule has 0 radical (unpaired) electrons. The maximum absolute atomic E-state index is 10.7. The fourth-order valence-corrected chi connectivity index (χ4v) is 2.04. The summed E-state index contributed by atoms with van der Waals surface area (Å²) in [7, 11) is 0. The lowest BCUT2D eigenvalue weighted by Crippen LogP contribution is -1.99. The minimum atomic E-state index is -0.860. The zero-order valence-electron chi connectivity index (χ0n) is 9.55. The van der Waals surface area contributed by atoms with Gasteiger partial charge < -0.3 is 5.11 Å². The van der Waals surface area contributed by atoms with Gasteiger partial charge in [-0.2, -0.15) is 0 Å². The summed E-state index contributed by atoms with van der Waals surface area (Å²) in [4.78, 5) is 19.5. The molecular weight excluding hydrogens is 218 g/mol. The summed E-state index contributed by atoms with van der Waals surface area (Å²) in [6.45, 7) is 1.92. The molecule has 0 bridgehead atoms. The number of aryl methyl sites for hydroxylation is 1. The second-order valence-corrected chi connectivity index (χ2v) is 4.53. The van der Waals surface area contributed by atoms with E-state index in [9.17, 15) is 4.79 Å². The van der Waals surface area contributed by atoms with Gasteiger partial charge in [0.1, 0.15) is 11.5 Å². The van der Waals surface area contributed by atoms with Crippen LogP contribution in [0.2, 0.25) is 0 Å². The van der Waals surface area contributed by atoms with E-state index in [0.29, 0.717) is 11.6 Å². The van der Waals surface area contributed by atoms with Crippen molar-refractivity contribution < 1.29 is 9.90 Å². The number of hydrogen-bond donors (Lipinski definition) is 1. The standard InChI is InChI=1S/C12H13N3O2/c1-7-13-10(8-2-3-8)5-11-14-9(4-12(16)17)6-15(7)11/h5-6,8H,2-4H2,1H3,(H,16,17). The number of rotatable bonds is 3. The van der Waals surface area contributed by atoms with Gasteiger partial charge in [-0.05, 0) is 19.8 Å². The van der Waals surface area contributed by atoms with Crippen molar-refractivity contribution in [2.45, 2.75) is 32.1 Å². The Bertz CT molecular complexity index is 599. The molecule has 0 spiro atoms. The Morgan fingerprint density at radius 3 is 2.94 bits per heavy atom. The van der Waals surface area contributed by atoms with E-state index in [4.69, 9.17) is 5.11 Å². The predicted octanol–water partition coefficient (Wildman–Crippen LogP) is 1.54. The van der Waals surface area contributed by atoms with Gasteiger partial charge in [0.15, 0.2) is 0 Å². The van der Waals surface area contributed by atoms with Crippen LogP contribution in [0.3, 0.4) is 0 Å². The Morgan fingerprint density at radius 1 is 1.53 bits per heavy atom. The van der Waals surface area contributed by atoms with E-state index < -0.39 is 5.97 Å². The molecule has 1 fully saturated rings. The molecule has 0 amide bonds. The predicted molar refractivity (Wildman–Crippen MR) is 61.0 cm³/mol. The molecule has 3 rings (SSSR count). The fourth-order valence-electron chi connectivity index (χ4n) is 2.04. The van der Waals surface area contributed by atoms with Crippen molar-refractivity contribution in [2.24, 2.45) is 0 Å². The topological polar surface area (TPSA) is 67.5 Å². The molecular formula is C12H13N3O2. The lowest BCUT2D eigenvalue weighted by Gasteiger charge is -2.02. The molecule has 2 aromatic rings. The first kappa shape index (κ1) is 10.3. The van der Waals surface area contributed by atoms with E-state index in [0.717, 1.165) is 17.2 Å². The first-order valence-corrected chi connectivity index (χ1v) is 5.71. The SMILES string of the molecule is Cc1nc(C2CC2)cc2nc(CC(=O)O)cn12. The zero-order chi connectivity index (χ0) is 12.0. The highest BCUT2D eigenvalue weighted by atomic mass is 16.4. The average Bonchev–Trinajstić information content (AvgIpc) is 3.00. The number of aromatic nitrogens is 3. The van der Waals surface area contributed by atoms with Crippen molar-refractivity contribution in [2.75, 3.05) is 0 Å². The van der Waals surface area contributed by atoms with Crippen molar-refractivity contribution in [3.8, 4) is 0 Å². The number of carboxylic acid groups (broad SMARTS) is 1. The van der Waals surface area contributed by atoms with Crippen LogP contribution in [0.4, 0.5) is 0 Å². The molecule has 1 aliphatic rings. The average molecular weight is 231 g/mol. The quantitative estimate of drug-likeness (QED) is 0.870. The zero-order valence-corrected chi connectivity index (χ0v) is 9.55. The van der Waals surface area contributed by atoms with Crippen molar-refractivity contribution in [3.63, 3.8) is 0 Å². The van der Waals surface area contributed by atoms with E-state index in [1.54, 1.807) is 6.20 Å². The summed E-state index contributed by atoms with van der Waals surface area (Å²) in [5, 5.41) is 8.75. The van der Waals surface area contributed by atoms with Crippen molar-refractivity contribution in [1.82, 2.24) is 14.4 Å². The summed E-state index contributed by atoms with van der Waals surface area (Å²) in [6, 6.07) is 1.97. The van der Waals surface area contributed by atoms with Gasteiger partial charge in [0, 0.05) is 23.9 Å². The van der Waals surface area contributed by atoms with Gasteiger partial charge in [-0.3, -0.25) is 9.20 Å². The van der Waals surface area contributed by atoms with Crippen LogP contribution >= 0.6 is 0 Å². The summed E-state index contributed by atoms with van der Waals surface area (Å²) < 4.78 is 1.85. The second-order valence-electron chi connectivity index (χ2n) is 4.53. The molecule has 0 unspecified atom stereocenters. The Morgan fingerprint density at radius 2 is 2.29 bits per heavy atom. The van der Waals surface area contributed by atoms with Gasteiger partial charge in [-0.15, -0.1) is 0 Å². The molecule has 1 aliphatic carbocycles. The smallest absolute Gasteiger partial charge is 0.309 e. The molecule has 5 heteroatoms. The van der Waals surface area contributed by atoms with Gasteiger partial charge in [0.25, 0.3) is 0 Å². The summed E-state index contributed by atoms with van der Waals surface area (Å²) >= 11 is 0. The Balaban J connectivity index is 2.07. The maximum Gasteiger partial charge on any atom is 0.309 e. The molecule has 88 valence electrons. The Labute approximate surface area is 98.1 Å². The third-order valence-corrected chi connectivity index (χ3v) is 3.03. The second kappa shape index (κ2) is 3.55. The minimum Gasteiger partial charge on any atom is -0.481 e. The van der Waals surface area contributed by atoms with E-state index in [1.165, 1.54) is 12.8 Å². The van der Waals surface area contributed by atoms with Crippen LogP contribution in [0.5, 0.6) is 0 Å². The van der Waals surface area contributed by atoms with Gasteiger partial charge >= 0.3 is 5.97 Å². The van der Waals surface area contributed by atoms with Crippen LogP contribution in [0.1, 0.15) is 36.0 Å². The normalized spacial score (nSPS) is 15.4. The van der Waals surface area contributed by atoms with Crippen LogP contribution in [0.15, 0.2) is 12.3 Å². The minimum absolute atomic E-state index is 0.0418. The molecule has 0 saturated heterocycles. The molecule has 17 heavy (non-hydrogen) atoms. The van der Waals surface area contributed by atoms with Gasteiger partial charge in [-0.1, -0.05) is 0 Å². The molecule has 0 aromatic carbocycles. The van der Waals surface area contributed by atoms with Gasteiger partial charge in [0.2, 0.25) is 0 Å². The fraction of sp³-hybridized carbons (Fsp3) is 0.417. The van der Waals surface area contributed by atoms with Crippen LogP contribution < -0.4 is 0 Å². The highest BCUT2D eigenvalue weighted by Crippen LogP contribution is 2.39. The maximum atomic E-state index is 10.7. The molecule has 2 heterocycles. The van der Waals surface area contributed by atoms with E-state index in [-0.39, 0.29) is 6.42 Å². The first-order chi connectivity index (χ1) is 8.13.